The third-order valence-electron chi connectivity index (χ3n) is 4.82. The largest absolute Gasteiger partial charge is 0.451 e. The number of nitrogens with one attached hydrogen (secondary N) is 1. The molecule has 0 bridgehead atoms. The summed E-state index contributed by atoms with van der Waals surface area (Å²) in [5, 5.41) is 4.38. The third-order valence-corrected chi connectivity index (χ3v) is 4.82. The Bertz CT molecular complexity index is 666. The van der Waals surface area contributed by atoms with Gasteiger partial charge in [0.15, 0.2) is 5.76 Å². The molecule has 2 heterocycles. The van der Waals surface area contributed by atoms with Crippen LogP contribution in [0.15, 0.2) is 22.6 Å². The molecule has 3 rings (SSSR count). The molecule has 0 saturated carbocycles. The average Bonchev–Trinajstić information content (AvgIpc) is 2.96. The van der Waals surface area contributed by atoms with Crippen molar-refractivity contribution in [3.8, 4) is 0 Å². The Morgan fingerprint density at radius 2 is 1.88 bits per heavy atom. The van der Waals surface area contributed by atoms with Gasteiger partial charge in [-0.05, 0) is 75.5 Å². The molecule has 1 amide bonds. The number of benzene rings is 1. The quantitative estimate of drug-likeness (QED) is 0.903. The van der Waals surface area contributed by atoms with Gasteiger partial charge < -0.3 is 14.6 Å². The minimum Gasteiger partial charge on any atom is -0.451 e. The first-order valence-corrected chi connectivity index (χ1v) is 8.62. The number of halogens is 1. The van der Waals surface area contributed by atoms with Crippen LogP contribution in [-0.2, 0) is 0 Å². The molecule has 4 nitrogen and oxygen atoms in total. The van der Waals surface area contributed by atoms with Crippen LogP contribution in [0.3, 0.4) is 0 Å². The maximum Gasteiger partial charge on any atom is 0.289 e. The lowest BCUT2D eigenvalue weighted by Crippen LogP contribution is -2.46. The van der Waals surface area contributed by atoms with Crippen LogP contribution in [0.25, 0.3) is 11.0 Å². The average molecular weight is 351 g/mol. The highest BCUT2D eigenvalue weighted by Crippen LogP contribution is 2.25. The molecule has 1 N–H and O–H groups in total. The topological polar surface area (TPSA) is 45.5 Å². The minimum absolute atomic E-state index is 0. The molecule has 1 aromatic heterocycles. The lowest BCUT2D eigenvalue weighted by molar-refractivity contribution is 0.0612. The van der Waals surface area contributed by atoms with E-state index in [1.807, 2.05) is 17.0 Å². The Labute approximate surface area is 150 Å². The van der Waals surface area contributed by atoms with E-state index in [-0.39, 0.29) is 18.3 Å². The molecule has 1 fully saturated rings. The number of hydrogen-bond donors (Lipinski definition) is 1. The zero-order valence-corrected chi connectivity index (χ0v) is 15.5. The highest BCUT2D eigenvalue weighted by Gasteiger charge is 2.27. The van der Waals surface area contributed by atoms with E-state index in [0.717, 1.165) is 49.9 Å². The second-order valence-electron chi connectivity index (χ2n) is 6.56. The molecule has 1 aliphatic rings. The summed E-state index contributed by atoms with van der Waals surface area (Å²) in [6.45, 7) is 9.03. The highest BCUT2D eigenvalue weighted by atomic mass is 35.5. The van der Waals surface area contributed by atoms with E-state index in [9.17, 15) is 4.79 Å². The van der Waals surface area contributed by atoms with E-state index in [0.29, 0.717) is 11.8 Å². The first-order chi connectivity index (χ1) is 11.1. The van der Waals surface area contributed by atoms with Gasteiger partial charge in [0.25, 0.3) is 5.91 Å². The van der Waals surface area contributed by atoms with E-state index >= 15 is 0 Å². The number of rotatable bonds is 4. The van der Waals surface area contributed by atoms with Crippen LogP contribution in [0, 0.1) is 13.8 Å². The molecule has 2 aromatic rings. The zero-order valence-electron chi connectivity index (χ0n) is 14.7. The lowest BCUT2D eigenvalue weighted by Gasteiger charge is -2.34. The van der Waals surface area contributed by atoms with E-state index in [1.165, 1.54) is 11.1 Å². The summed E-state index contributed by atoms with van der Waals surface area (Å²) in [5.74, 6) is 0.502. The van der Waals surface area contributed by atoms with Crippen LogP contribution in [0.2, 0.25) is 0 Å². The zero-order chi connectivity index (χ0) is 16.4. The Hall–Kier alpha value is -1.52. The smallest absolute Gasteiger partial charge is 0.289 e. The second-order valence-corrected chi connectivity index (χ2v) is 6.56. The van der Waals surface area contributed by atoms with Gasteiger partial charge in [-0.2, -0.15) is 0 Å². The van der Waals surface area contributed by atoms with Crippen LogP contribution in [0.1, 0.15) is 47.9 Å². The summed E-state index contributed by atoms with van der Waals surface area (Å²) >= 11 is 0. The summed E-state index contributed by atoms with van der Waals surface area (Å²) in [6, 6.07) is 6.34. The Morgan fingerprint density at radius 3 is 2.54 bits per heavy atom. The monoisotopic (exact) mass is 350 g/mol. The van der Waals surface area contributed by atoms with E-state index in [1.54, 1.807) is 0 Å². The van der Waals surface area contributed by atoms with Crippen molar-refractivity contribution >= 4 is 29.3 Å². The van der Waals surface area contributed by atoms with Crippen molar-refractivity contribution in [3.05, 3.63) is 35.1 Å². The summed E-state index contributed by atoms with van der Waals surface area (Å²) in [6.07, 6.45) is 3.00. The number of amides is 1. The number of aryl methyl sites for hydroxylation is 2. The molecule has 0 atom stereocenters. The predicted octanol–water partition coefficient (Wildman–Crippen LogP) is 4.08. The van der Waals surface area contributed by atoms with E-state index in [2.05, 4.69) is 32.2 Å². The molecule has 0 aliphatic carbocycles. The Morgan fingerprint density at radius 1 is 1.21 bits per heavy atom. The SMILES string of the molecule is CCCN(C(=O)c1cc2cc(C)c(C)cc2o1)C1CCNCC1.Cl. The molecule has 1 saturated heterocycles. The maximum absolute atomic E-state index is 13.0. The fourth-order valence-electron chi connectivity index (χ4n) is 3.36. The summed E-state index contributed by atoms with van der Waals surface area (Å²) in [5.41, 5.74) is 3.22. The number of carbonyl (C=O) groups excluding carboxylic acids is 1. The Kier molecular flexibility index (Phi) is 6.30. The van der Waals surface area contributed by atoms with Gasteiger partial charge in [-0.15, -0.1) is 12.4 Å². The number of hydrogen-bond acceptors (Lipinski definition) is 3. The van der Waals surface area contributed by atoms with Crippen LogP contribution >= 0.6 is 12.4 Å². The van der Waals surface area contributed by atoms with Crippen molar-refractivity contribution in [1.82, 2.24) is 10.2 Å². The van der Waals surface area contributed by atoms with Crippen molar-refractivity contribution in [2.45, 2.75) is 46.1 Å². The molecule has 0 unspecified atom stereocenters. The highest BCUT2D eigenvalue weighted by molar-refractivity contribution is 5.96. The molecule has 5 heteroatoms. The molecular formula is C19H27ClN2O2. The molecule has 0 radical (unpaired) electrons. The predicted molar refractivity (Wildman–Crippen MR) is 100 cm³/mol. The van der Waals surface area contributed by atoms with Crippen LogP contribution in [0.4, 0.5) is 0 Å². The number of piperidine rings is 1. The van der Waals surface area contributed by atoms with Gasteiger partial charge in [0.05, 0.1) is 0 Å². The normalized spacial score (nSPS) is 15.3. The summed E-state index contributed by atoms with van der Waals surface area (Å²) < 4.78 is 5.88. The summed E-state index contributed by atoms with van der Waals surface area (Å²) in [7, 11) is 0. The van der Waals surface area contributed by atoms with Gasteiger partial charge in [-0.1, -0.05) is 6.92 Å². The van der Waals surface area contributed by atoms with Crippen LogP contribution in [0.5, 0.6) is 0 Å². The van der Waals surface area contributed by atoms with Crippen molar-refractivity contribution in [1.29, 1.82) is 0 Å². The fraction of sp³-hybridized carbons (Fsp3) is 0.526. The van der Waals surface area contributed by atoms with Crippen LogP contribution < -0.4 is 5.32 Å². The number of nitrogens with zero attached hydrogens (tertiary/aromatic N) is 1. The first-order valence-electron chi connectivity index (χ1n) is 8.62. The van der Waals surface area contributed by atoms with Crippen molar-refractivity contribution in [2.24, 2.45) is 0 Å². The van der Waals surface area contributed by atoms with Gasteiger partial charge in [-0.25, -0.2) is 0 Å². The van der Waals surface area contributed by atoms with Gasteiger partial charge >= 0.3 is 0 Å². The standard InChI is InChI=1S/C19H26N2O2.ClH/c1-4-9-21(16-5-7-20-8-6-16)19(22)18-12-15-10-13(2)14(3)11-17(15)23-18;/h10-12,16,20H,4-9H2,1-3H3;1H. The molecular weight excluding hydrogens is 324 g/mol. The van der Waals surface area contributed by atoms with Crippen molar-refractivity contribution < 1.29 is 9.21 Å². The molecule has 0 spiro atoms. The molecule has 1 aromatic carbocycles. The molecule has 24 heavy (non-hydrogen) atoms. The van der Waals surface area contributed by atoms with Crippen LogP contribution in [-0.4, -0.2) is 36.5 Å². The second kappa shape index (κ2) is 8.04. The number of carbonyl (C=O) groups is 1. The van der Waals surface area contributed by atoms with E-state index in [4.69, 9.17) is 4.42 Å². The van der Waals surface area contributed by atoms with Gasteiger partial charge in [0, 0.05) is 18.0 Å². The summed E-state index contributed by atoms with van der Waals surface area (Å²) in [4.78, 5) is 15.0. The molecule has 132 valence electrons. The van der Waals surface area contributed by atoms with E-state index < -0.39 is 0 Å². The number of furan rings is 1. The van der Waals surface area contributed by atoms with Crippen molar-refractivity contribution in [3.63, 3.8) is 0 Å². The third kappa shape index (κ3) is 3.76. The number of fused-ring (bicyclic) bond motifs is 1. The molecule has 1 aliphatic heterocycles. The minimum atomic E-state index is 0. The maximum atomic E-state index is 13.0. The van der Waals surface area contributed by atoms with Gasteiger partial charge in [0.1, 0.15) is 5.58 Å². The Balaban J connectivity index is 0.00000208. The van der Waals surface area contributed by atoms with Gasteiger partial charge in [0.2, 0.25) is 0 Å². The van der Waals surface area contributed by atoms with Gasteiger partial charge in [-0.3, -0.25) is 4.79 Å². The first kappa shape index (κ1) is 18.8. The van der Waals surface area contributed by atoms with Crippen molar-refractivity contribution in [2.75, 3.05) is 19.6 Å². The fourth-order valence-corrected chi connectivity index (χ4v) is 3.36. The lowest BCUT2D eigenvalue weighted by atomic mass is 10.0.